The van der Waals surface area contributed by atoms with Gasteiger partial charge in [0.1, 0.15) is 11.3 Å². The third kappa shape index (κ3) is 5.54. The predicted octanol–water partition coefficient (Wildman–Crippen LogP) is 7.01. The molecule has 2 nitrogen and oxygen atoms in total. The van der Waals surface area contributed by atoms with Crippen LogP contribution >= 0.6 is 0 Å². The van der Waals surface area contributed by atoms with Gasteiger partial charge in [-0.1, -0.05) is 39.0 Å². The smallest absolute Gasteiger partial charge is 0.422 e. The normalized spacial score (nSPS) is 24.2. The highest BCUT2D eigenvalue weighted by atomic mass is 19.4. The van der Waals surface area contributed by atoms with Crippen molar-refractivity contribution in [3.05, 3.63) is 23.5 Å². The molecule has 0 aliphatic heterocycles. The van der Waals surface area contributed by atoms with Gasteiger partial charge >= 0.3 is 6.18 Å². The average Bonchev–Trinajstić information content (AvgIpc) is 2.66. The summed E-state index contributed by atoms with van der Waals surface area (Å²) in [6, 6.07) is 2.47. The molecule has 2 aliphatic rings. The van der Waals surface area contributed by atoms with Crippen LogP contribution in [0.2, 0.25) is 0 Å². The summed E-state index contributed by atoms with van der Waals surface area (Å²) in [6.07, 6.45) is 4.47. The second-order valence-corrected chi connectivity index (χ2v) is 8.50. The van der Waals surface area contributed by atoms with E-state index in [1.165, 1.54) is 12.1 Å². The molecule has 0 aromatic heterocycles. The van der Waals surface area contributed by atoms with Gasteiger partial charge in [0, 0.05) is 0 Å². The van der Waals surface area contributed by atoms with Gasteiger partial charge in [-0.3, -0.25) is 0 Å². The molecule has 0 spiro atoms. The molecule has 2 fully saturated rings. The van der Waals surface area contributed by atoms with E-state index >= 15 is 0 Å². The van der Waals surface area contributed by atoms with Crippen LogP contribution in [0.4, 0.5) is 17.6 Å². The third-order valence-corrected chi connectivity index (χ3v) is 6.16. The van der Waals surface area contributed by atoms with E-state index in [9.17, 15) is 17.6 Å². The maximum Gasteiger partial charge on any atom is 0.422 e. The Morgan fingerprint density at radius 1 is 0.821 bits per heavy atom. The molecule has 1 aromatic carbocycles. The second-order valence-electron chi connectivity index (χ2n) is 8.50. The van der Waals surface area contributed by atoms with Gasteiger partial charge in [-0.05, 0) is 55.6 Å². The van der Waals surface area contributed by atoms with Gasteiger partial charge in [0.15, 0.2) is 11.6 Å². The first-order chi connectivity index (χ1) is 13.3. The van der Waals surface area contributed by atoms with Crippen molar-refractivity contribution in [1.29, 1.82) is 0 Å². The highest BCUT2D eigenvalue weighted by molar-refractivity contribution is 5.44. The topological polar surface area (TPSA) is 18.5 Å². The molecule has 0 saturated heterocycles. The molecule has 0 unspecified atom stereocenters. The number of alkyl halides is 3. The summed E-state index contributed by atoms with van der Waals surface area (Å²) in [7, 11) is 0. The number of halogens is 4. The Morgan fingerprint density at radius 2 is 1.36 bits per heavy atom. The monoisotopic (exact) mass is 402 g/mol. The van der Waals surface area contributed by atoms with Crippen molar-refractivity contribution in [2.45, 2.75) is 70.9 Å². The van der Waals surface area contributed by atoms with E-state index < -0.39 is 23.3 Å². The van der Waals surface area contributed by atoms with Crippen LogP contribution in [0.15, 0.2) is 12.1 Å². The second kappa shape index (κ2) is 9.36. The van der Waals surface area contributed by atoms with Crippen LogP contribution in [0, 0.1) is 23.6 Å². The molecular weight excluding hydrogens is 372 g/mol. The van der Waals surface area contributed by atoms with Crippen LogP contribution in [-0.4, -0.2) is 13.2 Å². The van der Waals surface area contributed by atoms with Crippen LogP contribution in [0.25, 0.3) is 0 Å². The van der Waals surface area contributed by atoms with Gasteiger partial charge in [0.25, 0.3) is 0 Å². The fourth-order valence-corrected chi connectivity index (χ4v) is 4.30. The fraction of sp³-hybridized carbons (Fsp3) is 0.727. The third-order valence-electron chi connectivity index (χ3n) is 6.16. The molecule has 0 radical (unpaired) electrons. The standard InChI is InChI=1S/C22H30F4O2/c1-15-7-9-17(10-8-15)14-28-19-12-11-18(20(21(19)23)22(24,25)26)27-13-16-5-3-2-4-6-16/h11-12,15-17H,2-10,13-14H2,1H3. The highest BCUT2D eigenvalue weighted by Gasteiger charge is 2.40. The van der Waals surface area contributed by atoms with Crippen molar-refractivity contribution in [2.24, 2.45) is 17.8 Å². The Kier molecular flexibility index (Phi) is 7.10. The molecule has 6 heteroatoms. The van der Waals surface area contributed by atoms with E-state index in [1.807, 2.05) is 0 Å². The van der Waals surface area contributed by atoms with Crippen LogP contribution in [-0.2, 0) is 6.18 Å². The summed E-state index contributed by atoms with van der Waals surface area (Å²) in [6.45, 7) is 2.64. The summed E-state index contributed by atoms with van der Waals surface area (Å²) in [5.74, 6) is -0.955. The number of hydrogen-bond donors (Lipinski definition) is 0. The lowest BCUT2D eigenvalue weighted by Crippen LogP contribution is -2.20. The molecule has 3 rings (SSSR count). The molecule has 0 N–H and O–H groups in total. The lowest BCUT2D eigenvalue weighted by atomic mass is 9.83. The first-order valence-electron chi connectivity index (χ1n) is 10.5. The SMILES string of the molecule is CC1CCC(COc2ccc(OCC3CCCCC3)c(C(F)(F)F)c2F)CC1. The minimum Gasteiger partial charge on any atom is -0.493 e. The predicted molar refractivity (Wildman–Crippen MR) is 100 cm³/mol. The van der Waals surface area contributed by atoms with Crippen LogP contribution in [0.5, 0.6) is 11.5 Å². The Labute approximate surface area is 164 Å². The minimum atomic E-state index is -4.83. The molecule has 158 valence electrons. The van der Waals surface area contributed by atoms with Crippen molar-refractivity contribution in [2.75, 3.05) is 13.2 Å². The van der Waals surface area contributed by atoms with E-state index in [-0.39, 0.29) is 30.8 Å². The van der Waals surface area contributed by atoms with E-state index in [1.54, 1.807) is 0 Å². The zero-order chi connectivity index (χ0) is 20.1. The highest BCUT2D eigenvalue weighted by Crippen LogP contribution is 2.42. The van der Waals surface area contributed by atoms with Crippen LogP contribution in [0.3, 0.4) is 0 Å². The summed E-state index contributed by atoms with van der Waals surface area (Å²) in [5, 5.41) is 0. The van der Waals surface area contributed by atoms with Crippen molar-refractivity contribution < 1.29 is 27.0 Å². The lowest BCUT2D eigenvalue weighted by molar-refractivity contribution is -0.141. The Morgan fingerprint density at radius 3 is 1.96 bits per heavy atom. The van der Waals surface area contributed by atoms with Crippen molar-refractivity contribution in [3.8, 4) is 11.5 Å². The largest absolute Gasteiger partial charge is 0.493 e. The average molecular weight is 402 g/mol. The van der Waals surface area contributed by atoms with E-state index in [0.717, 1.165) is 57.8 Å². The Hall–Kier alpha value is -1.46. The van der Waals surface area contributed by atoms with E-state index in [4.69, 9.17) is 9.47 Å². The lowest BCUT2D eigenvalue weighted by Gasteiger charge is -2.26. The summed E-state index contributed by atoms with van der Waals surface area (Å²) < 4.78 is 66.1. The number of benzene rings is 1. The zero-order valence-corrected chi connectivity index (χ0v) is 16.5. The maximum atomic E-state index is 14.7. The van der Waals surface area contributed by atoms with Gasteiger partial charge in [0.2, 0.25) is 0 Å². The molecule has 0 amide bonds. The summed E-state index contributed by atoms with van der Waals surface area (Å²) in [5.41, 5.74) is -1.35. The molecule has 0 bridgehead atoms. The van der Waals surface area contributed by atoms with Gasteiger partial charge in [0.05, 0.1) is 13.2 Å². The summed E-state index contributed by atoms with van der Waals surface area (Å²) >= 11 is 0. The molecule has 0 atom stereocenters. The molecule has 2 aliphatic carbocycles. The zero-order valence-electron chi connectivity index (χ0n) is 16.5. The number of rotatable bonds is 6. The first-order valence-corrected chi connectivity index (χ1v) is 10.5. The molecule has 0 heterocycles. The van der Waals surface area contributed by atoms with Gasteiger partial charge in [-0.15, -0.1) is 0 Å². The van der Waals surface area contributed by atoms with Gasteiger partial charge in [-0.2, -0.15) is 13.2 Å². The molecule has 28 heavy (non-hydrogen) atoms. The Balaban J connectivity index is 1.68. The molecule has 1 aromatic rings. The van der Waals surface area contributed by atoms with Gasteiger partial charge < -0.3 is 9.47 Å². The molecule has 2 saturated carbocycles. The maximum absolute atomic E-state index is 14.7. The van der Waals surface area contributed by atoms with Crippen molar-refractivity contribution in [1.82, 2.24) is 0 Å². The first kappa shape index (κ1) is 21.3. The van der Waals surface area contributed by atoms with Crippen molar-refractivity contribution in [3.63, 3.8) is 0 Å². The Bertz CT molecular complexity index is 630. The number of ether oxygens (including phenoxy) is 2. The fourth-order valence-electron chi connectivity index (χ4n) is 4.30. The van der Waals surface area contributed by atoms with Crippen LogP contribution in [0.1, 0.15) is 70.3 Å². The van der Waals surface area contributed by atoms with E-state index in [2.05, 4.69) is 6.92 Å². The minimum absolute atomic E-state index is 0.197. The van der Waals surface area contributed by atoms with Crippen LogP contribution < -0.4 is 9.47 Å². The number of hydrogen-bond acceptors (Lipinski definition) is 2. The van der Waals surface area contributed by atoms with Gasteiger partial charge in [-0.25, -0.2) is 4.39 Å². The van der Waals surface area contributed by atoms with E-state index in [0.29, 0.717) is 5.92 Å². The quantitative estimate of drug-likeness (QED) is 0.477. The van der Waals surface area contributed by atoms with Crippen molar-refractivity contribution >= 4 is 0 Å². The summed E-state index contributed by atoms with van der Waals surface area (Å²) in [4.78, 5) is 0. The molecular formula is C22H30F4O2.